The second kappa shape index (κ2) is 16.5. The van der Waals surface area contributed by atoms with Crippen molar-refractivity contribution in [2.24, 2.45) is 5.92 Å². The highest BCUT2D eigenvalue weighted by atomic mass is 16.6. The highest BCUT2D eigenvalue weighted by Gasteiger charge is 2.18. The number of hydrogen-bond donors (Lipinski definition) is 3. The van der Waals surface area contributed by atoms with Crippen LogP contribution < -0.4 is 15.8 Å². The number of esters is 1. The summed E-state index contributed by atoms with van der Waals surface area (Å²) in [5.74, 6) is 1.28. The van der Waals surface area contributed by atoms with Crippen LogP contribution in [0, 0.1) is 5.92 Å². The van der Waals surface area contributed by atoms with Crippen LogP contribution in [0.2, 0.25) is 0 Å². The van der Waals surface area contributed by atoms with Gasteiger partial charge in [0.2, 0.25) is 0 Å². The summed E-state index contributed by atoms with van der Waals surface area (Å²) in [6.45, 7) is 7.38. The maximum atomic E-state index is 11.4. The molecule has 1 aliphatic carbocycles. The van der Waals surface area contributed by atoms with Gasteiger partial charge in [0, 0.05) is 19.2 Å². The zero-order chi connectivity index (χ0) is 22.9. The van der Waals surface area contributed by atoms with Crippen LogP contribution in [-0.2, 0) is 14.3 Å². The number of aliphatic hydroxyl groups is 1. The number of nitrogens with two attached hydrogens (primary N) is 1. The number of nitrogen functional groups attached to an aromatic ring is 1. The molecule has 1 fully saturated rings. The van der Waals surface area contributed by atoms with Gasteiger partial charge in [-0.25, -0.2) is 4.79 Å². The predicted molar refractivity (Wildman–Crippen MR) is 122 cm³/mol. The van der Waals surface area contributed by atoms with E-state index in [1.165, 1.54) is 52.4 Å². The second-order valence-corrected chi connectivity index (χ2v) is 7.37. The standard InChI is InChI=1S/C19H30N2O3.C3H6O.CH4O/c1-3-14-6-5-7-15(9-8-14)21-18-12-16(10-11-17(18)20)24-13-19(22)23-4-2;1-3(2)4;1-2/h10-12,14-15,21H,3-9,13,20H2,1-2H3;1-2H3;2H,1H3. The molecule has 2 rings (SSSR count). The third kappa shape index (κ3) is 12.3. The Hall–Kier alpha value is -2.28. The third-order valence-electron chi connectivity index (χ3n) is 4.71. The molecule has 7 heteroatoms. The maximum Gasteiger partial charge on any atom is 0.344 e. The molecule has 0 aliphatic heterocycles. The van der Waals surface area contributed by atoms with Crippen LogP contribution >= 0.6 is 0 Å². The largest absolute Gasteiger partial charge is 0.482 e. The molecule has 172 valence electrons. The van der Waals surface area contributed by atoms with Crippen molar-refractivity contribution in [3.63, 3.8) is 0 Å². The van der Waals surface area contributed by atoms with Gasteiger partial charge in [-0.15, -0.1) is 0 Å². The fourth-order valence-electron chi connectivity index (χ4n) is 3.25. The summed E-state index contributed by atoms with van der Waals surface area (Å²) in [7, 11) is 1.00. The summed E-state index contributed by atoms with van der Waals surface area (Å²) in [5.41, 5.74) is 7.68. The van der Waals surface area contributed by atoms with E-state index in [-0.39, 0.29) is 18.4 Å². The quantitative estimate of drug-likeness (QED) is 0.342. The number of aliphatic hydroxyl groups excluding tert-OH is 1. The number of ketones is 1. The van der Waals surface area contributed by atoms with Crippen LogP contribution in [0.4, 0.5) is 11.4 Å². The molecule has 0 bridgehead atoms. The molecule has 2 atom stereocenters. The molecule has 0 heterocycles. The average Bonchev–Trinajstić information content (AvgIpc) is 2.95. The first-order valence-corrected chi connectivity index (χ1v) is 10.7. The summed E-state index contributed by atoms with van der Waals surface area (Å²) >= 11 is 0. The van der Waals surface area contributed by atoms with Gasteiger partial charge in [-0.2, -0.15) is 0 Å². The van der Waals surface area contributed by atoms with E-state index in [0.717, 1.165) is 18.7 Å². The molecule has 0 radical (unpaired) electrons. The minimum Gasteiger partial charge on any atom is -0.482 e. The van der Waals surface area contributed by atoms with Crippen molar-refractivity contribution in [3.05, 3.63) is 18.2 Å². The van der Waals surface area contributed by atoms with E-state index in [1.54, 1.807) is 13.0 Å². The lowest BCUT2D eigenvalue weighted by atomic mass is 9.98. The van der Waals surface area contributed by atoms with Gasteiger partial charge in [0.05, 0.1) is 18.0 Å². The fourth-order valence-corrected chi connectivity index (χ4v) is 3.25. The Labute approximate surface area is 181 Å². The summed E-state index contributed by atoms with van der Waals surface area (Å²) in [4.78, 5) is 20.8. The molecular weight excluding hydrogens is 384 g/mol. The Morgan fingerprint density at radius 3 is 2.40 bits per heavy atom. The molecule has 7 nitrogen and oxygen atoms in total. The molecule has 0 spiro atoms. The molecule has 1 aromatic carbocycles. The maximum absolute atomic E-state index is 11.4. The molecule has 30 heavy (non-hydrogen) atoms. The Kier molecular flexibility index (Phi) is 15.3. The van der Waals surface area contributed by atoms with Gasteiger partial charge < -0.3 is 30.4 Å². The van der Waals surface area contributed by atoms with E-state index in [4.69, 9.17) is 20.3 Å². The lowest BCUT2D eigenvalue weighted by Crippen LogP contribution is -2.19. The number of carbonyl (C=O) groups excluding carboxylic acids is 2. The van der Waals surface area contributed by atoms with Gasteiger partial charge in [0.15, 0.2) is 6.61 Å². The Morgan fingerprint density at radius 1 is 1.13 bits per heavy atom. The van der Waals surface area contributed by atoms with Crippen LogP contribution in [0.1, 0.15) is 66.2 Å². The first kappa shape index (κ1) is 27.7. The molecule has 0 saturated heterocycles. The number of carbonyl (C=O) groups is 2. The number of ether oxygens (including phenoxy) is 2. The topological polar surface area (TPSA) is 111 Å². The summed E-state index contributed by atoms with van der Waals surface area (Å²) in [6.07, 6.45) is 7.47. The van der Waals surface area contributed by atoms with Gasteiger partial charge in [-0.05, 0) is 58.1 Å². The molecule has 0 amide bonds. The van der Waals surface area contributed by atoms with Gasteiger partial charge in [-0.3, -0.25) is 0 Å². The van der Waals surface area contributed by atoms with E-state index in [2.05, 4.69) is 12.2 Å². The number of Topliss-reactive ketones (excluding diaryl/α,β-unsaturated/α-hetero) is 1. The van der Waals surface area contributed by atoms with E-state index < -0.39 is 0 Å². The van der Waals surface area contributed by atoms with Gasteiger partial charge >= 0.3 is 5.97 Å². The highest BCUT2D eigenvalue weighted by Crippen LogP contribution is 2.30. The SMILES string of the molecule is CC(C)=O.CCOC(=O)COc1ccc(N)c(NC2CCCC(CC)CC2)c1.CO. The fraction of sp³-hybridized carbons (Fsp3) is 0.652. The number of rotatable bonds is 7. The van der Waals surface area contributed by atoms with Crippen LogP contribution in [0.5, 0.6) is 5.75 Å². The Morgan fingerprint density at radius 2 is 1.80 bits per heavy atom. The first-order chi connectivity index (χ1) is 14.3. The van der Waals surface area contributed by atoms with Crippen LogP contribution in [0.25, 0.3) is 0 Å². The lowest BCUT2D eigenvalue weighted by Gasteiger charge is -2.20. The first-order valence-electron chi connectivity index (χ1n) is 10.7. The molecule has 0 aromatic heterocycles. The summed E-state index contributed by atoms with van der Waals surface area (Å²) in [6, 6.07) is 5.91. The number of anilines is 2. The molecule has 2 unspecified atom stereocenters. The monoisotopic (exact) mass is 424 g/mol. The van der Waals surface area contributed by atoms with Crippen molar-refractivity contribution >= 4 is 23.1 Å². The van der Waals surface area contributed by atoms with Gasteiger partial charge in [0.25, 0.3) is 0 Å². The second-order valence-electron chi connectivity index (χ2n) is 7.37. The summed E-state index contributed by atoms with van der Waals surface area (Å²) in [5, 5.41) is 10.6. The number of hydrogen-bond acceptors (Lipinski definition) is 7. The van der Waals surface area contributed by atoms with Crippen molar-refractivity contribution in [3.8, 4) is 5.75 Å². The molecule has 4 N–H and O–H groups in total. The van der Waals surface area contributed by atoms with E-state index in [1.807, 2.05) is 12.1 Å². The predicted octanol–water partition coefficient (Wildman–Crippen LogP) is 4.19. The zero-order valence-corrected chi connectivity index (χ0v) is 19.2. The molecule has 1 saturated carbocycles. The lowest BCUT2D eigenvalue weighted by molar-refractivity contribution is -0.145. The van der Waals surface area contributed by atoms with Crippen molar-refractivity contribution in [1.82, 2.24) is 0 Å². The third-order valence-corrected chi connectivity index (χ3v) is 4.71. The average molecular weight is 425 g/mol. The zero-order valence-electron chi connectivity index (χ0n) is 19.2. The van der Waals surface area contributed by atoms with Crippen molar-refractivity contribution in [2.45, 2.75) is 72.3 Å². The van der Waals surface area contributed by atoms with Crippen molar-refractivity contribution < 1.29 is 24.2 Å². The molecule has 1 aliphatic rings. The minimum atomic E-state index is -0.363. The van der Waals surface area contributed by atoms with E-state index in [0.29, 0.717) is 24.1 Å². The normalized spacial score (nSPS) is 17.8. The number of nitrogens with one attached hydrogen (secondary N) is 1. The Balaban J connectivity index is 0.00000125. The van der Waals surface area contributed by atoms with Crippen molar-refractivity contribution in [2.75, 3.05) is 31.4 Å². The van der Waals surface area contributed by atoms with Crippen LogP contribution in [-0.4, -0.2) is 43.2 Å². The van der Waals surface area contributed by atoms with Gasteiger partial charge in [0.1, 0.15) is 11.5 Å². The smallest absolute Gasteiger partial charge is 0.344 e. The minimum absolute atomic E-state index is 0.0845. The van der Waals surface area contributed by atoms with Crippen molar-refractivity contribution in [1.29, 1.82) is 0 Å². The molecule has 1 aromatic rings. The highest BCUT2D eigenvalue weighted by molar-refractivity contribution is 5.72. The summed E-state index contributed by atoms with van der Waals surface area (Å²) < 4.78 is 10.4. The Bertz CT molecular complexity index is 618. The molecular formula is C23H40N2O5. The van der Waals surface area contributed by atoms with E-state index in [9.17, 15) is 9.59 Å². The number of benzene rings is 1. The van der Waals surface area contributed by atoms with Crippen LogP contribution in [0.15, 0.2) is 18.2 Å². The van der Waals surface area contributed by atoms with Gasteiger partial charge in [-0.1, -0.05) is 26.2 Å². The van der Waals surface area contributed by atoms with Crippen LogP contribution in [0.3, 0.4) is 0 Å². The van der Waals surface area contributed by atoms with E-state index >= 15 is 0 Å².